The van der Waals surface area contributed by atoms with Crippen molar-refractivity contribution in [3.63, 3.8) is 0 Å². The highest BCUT2D eigenvalue weighted by atomic mass is 19.1. The fourth-order valence-corrected chi connectivity index (χ4v) is 2.57. The van der Waals surface area contributed by atoms with Gasteiger partial charge < -0.3 is 15.4 Å². The zero-order valence-corrected chi connectivity index (χ0v) is 12.6. The van der Waals surface area contributed by atoms with Crippen LogP contribution in [0.25, 0.3) is 5.57 Å². The summed E-state index contributed by atoms with van der Waals surface area (Å²) in [6, 6.07) is 5.32. The number of carbonyl (C=O) groups excluding carboxylic acids is 2. The van der Waals surface area contributed by atoms with E-state index in [4.69, 9.17) is 10.5 Å². The fraction of sp³-hybridized carbons (Fsp3) is 0.375. The molecule has 2 rings (SSSR count). The van der Waals surface area contributed by atoms with E-state index in [1.165, 1.54) is 30.2 Å². The van der Waals surface area contributed by atoms with Gasteiger partial charge in [-0.25, -0.2) is 4.39 Å². The first kappa shape index (κ1) is 16.2. The van der Waals surface area contributed by atoms with Crippen molar-refractivity contribution in [3.8, 4) is 0 Å². The molecule has 1 fully saturated rings. The van der Waals surface area contributed by atoms with Gasteiger partial charge in [0.2, 0.25) is 11.8 Å². The van der Waals surface area contributed by atoms with Crippen molar-refractivity contribution in [1.29, 1.82) is 0 Å². The first-order chi connectivity index (χ1) is 10.4. The molecule has 1 heterocycles. The Balaban J connectivity index is 2.19. The lowest BCUT2D eigenvalue weighted by Crippen LogP contribution is -2.43. The van der Waals surface area contributed by atoms with Crippen molar-refractivity contribution in [2.45, 2.75) is 25.5 Å². The third-order valence-corrected chi connectivity index (χ3v) is 3.83. The molecule has 2 N–H and O–H groups in total. The van der Waals surface area contributed by atoms with Gasteiger partial charge in [-0.2, -0.15) is 0 Å². The standard InChI is InChI=1S/C16H19FN2O3/c1-10(11-4-3-5-12(17)7-11)6-15(20)19-9-13(22-2)8-14(19)16(18)21/h3-7,13-14H,8-9H2,1-2H3,(H2,18,21)/b10-6+/t13-,14-/m0/s1. The summed E-state index contributed by atoms with van der Waals surface area (Å²) in [6.07, 6.45) is 1.58. The number of primary amides is 1. The van der Waals surface area contributed by atoms with Gasteiger partial charge in [-0.1, -0.05) is 12.1 Å². The van der Waals surface area contributed by atoms with Crippen molar-refractivity contribution < 1.29 is 18.7 Å². The largest absolute Gasteiger partial charge is 0.380 e. The quantitative estimate of drug-likeness (QED) is 0.853. The molecule has 0 aromatic heterocycles. The Hall–Kier alpha value is -2.21. The Bertz CT molecular complexity index is 615. The van der Waals surface area contributed by atoms with E-state index in [9.17, 15) is 14.0 Å². The molecule has 1 aromatic carbocycles. The lowest BCUT2D eigenvalue weighted by Gasteiger charge is -2.20. The third-order valence-electron chi connectivity index (χ3n) is 3.83. The Labute approximate surface area is 128 Å². The summed E-state index contributed by atoms with van der Waals surface area (Å²) < 4.78 is 18.4. The monoisotopic (exact) mass is 306 g/mol. The van der Waals surface area contributed by atoms with E-state index in [2.05, 4.69) is 0 Å². The van der Waals surface area contributed by atoms with Gasteiger partial charge in [-0.3, -0.25) is 9.59 Å². The van der Waals surface area contributed by atoms with Gasteiger partial charge in [-0.15, -0.1) is 0 Å². The maximum atomic E-state index is 13.2. The van der Waals surface area contributed by atoms with E-state index >= 15 is 0 Å². The highest BCUT2D eigenvalue weighted by Crippen LogP contribution is 2.22. The van der Waals surface area contributed by atoms with Crippen LogP contribution in [0.4, 0.5) is 4.39 Å². The number of hydrogen-bond donors (Lipinski definition) is 1. The van der Waals surface area contributed by atoms with Crippen molar-refractivity contribution >= 4 is 17.4 Å². The number of likely N-dealkylation sites (tertiary alicyclic amines) is 1. The number of amides is 2. The molecule has 1 aromatic rings. The van der Waals surface area contributed by atoms with Gasteiger partial charge in [-0.05, 0) is 30.2 Å². The summed E-state index contributed by atoms with van der Waals surface area (Å²) in [5.41, 5.74) is 6.58. The molecule has 22 heavy (non-hydrogen) atoms. The SMILES string of the molecule is CO[C@H]1C[C@@H](C(N)=O)N(C(=O)/C=C(\C)c2cccc(F)c2)C1. The van der Waals surface area contributed by atoms with Gasteiger partial charge in [0, 0.05) is 26.2 Å². The van der Waals surface area contributed by atoms with Crippen LogP contribution in [0, 0.1) is 5.82 Å². The highest BCUT2D eigenvalue weighted by molar-refractivity contribution is 5.98. The van der Waals surface area contributed by atoms with Crippen LogP contribution in [0.15, 0.2) is 30.3 Å². The summed E-state index contributed by atoms with van der Waals surface area (Å²) in [4.78, 5) is 25.3. The number of allylic oxidation sites excluding steroid dienone is 1. The highest BCUT2D eigenvalue weighted by Gasteiger charge is 2.37. The second-order valence-corrected chi connectivity index (χ2v) is 5.34. The minimum Gasteiger partial charge on any atom is -0.380 e. The first-order valence-corrected chi connectivity index (χ1v) is 6.99. The maximum Gasteiger partial charge on any atom is 0.247 e. The Kier molecular flexibility index (Phi) is 4.92. The summed E-state index contributed by atoms with van der Waals surface area (Å²) in [5, 5.41) is 0. The van der Waals surface area contributed by atoms with Crippen LogP contribution >= 0.6 is 0 Å². The minimum absolute atomic E-state index is 0.204. The van der Waals surface area contributed by atoms with E-state index in [0.29, 0.717) is 24.1 Å². The number of nitrogens with two attached hydrogens (primary N) is 1. The van der Waals surface area contributed by atoms with Gasteiger partial charge >= 0.3 is 0 Å². The van der Waals surface area contributed by atoms with Gasteiger partial charge in [0.15, 0.2) is 0 Å². The minimum atomic E-state index is -0.672. The van der Waals surface area contributed by atoms with Crippen molar-refractivity contribution in [3.05, 3.63) is 41.7 Å². The number of rotatable bonds is 4. The molecule has 1 aliphatic rings. The number of halogens is 1. The van der Waals surface area contributed by atoms with Crippen LogP contribution in [0.5, 0.6) is 0 Å². The number of ether oxygens (including phenoxy) is 1. The normalized spacial score (nSPS) is 22.0. The van der Waals surface area contributed by atoms with E-state index in [-0.39, 0.29) is 17.8 Å². The summed E-state index contributed by atoms with van der Waals surface area (Å²) in [7, 11) is 1.53. The van der Waals surface area contributed by atoms with Crippen LogP contribution in [0.1, 0.15) is 18.9 Å². The summed E-state index contributed by atoms with van der Waals surface area (Å²) >= 11 is 0. The lowest BCUT2D eigenvalue weighted by atomic mass is 10.1. The van der Waals surface area contributed by atoms with E-state index in [0.717, 1.165) is 0 Å². The van der Waals surface area contributed by atoms with Crippen LogP contribution in [-0.2, 0) is 14.3 Å². The maximum absolute atomic E-state index is 13.2. The molecule has 6 heteroatoms. The molecular formula is C16H19FN2O3. The number of nitrogens with zero attached hydrogens (tertiary/aromatic N) is 1. The Morgan fingerprint density at radius 2 is 2.18 bits per heavy atom. The molecule has 118 valence electrons. The molecule has 2 atom stereocenters. The Morgan fingerprint density at radius 3 is 2.77 bits per heavy atom. The van der Waals surface area contributed by atoms with Crippen molar-refractivity contribution in [1.82, 2.24) is 4.90 Å². The van der Waals surface area contributed by atoms with E-state index in [1.807, 2.05) is 0 Å². The van der Waals surface area contributed by atoms with Gasteiger partial charge in [0.05, 0.1) is 6.10 Å². The predicted octanol–water partition coefficient (Wildman–Crippen LogP) is 1.33. The van der Waals surface area contributed by atoms with Crippen molar-refractivity contribution in [2.75, 3.05) is 13.7 Å². The summed E-state index contributed by atoms with van der Waals surface area (Å²) in [6.45, 7) is 2.03. The molecule has 0 radical (unpaired) electrons. The second-order valence-electron chi connectivity index (χ2n) is 5.34. The molecule has 0 unspecified atom stereocenters. The van der Waals surface area contributed by atoms with Gasteiger partial charge in [0.25, 0.3) is 0 Å². The third kappa shape index (κ3) is 3.51. The molecule has 1 aliphatic heterocycles. The van der Waals surface area contributed by atoms with Gasteiger partial charge in [0.1, 0.15) is 11.9 Å². The molecule has 0 aliphatic carbocycles. The number of carbonyl (C=O) groups is 2. The number of methoxy groups -OCH3 is 1. The zero-order chi connectivity index (χ0) is 16.3. The predicted molar refractivity (Wildman–Crippen MR) is 80.2 cm³/mol. The second kappa shape index (κ2) is 6.70. The molecule has 0 saturated carbocycles. The van der Waals surface area contributed by atoms with Crippen molar-refractivity contribution in [2.24, 2.45) is 5.73 Å². The number of benzene rings is 1. The first-order valence-electron chi connectivity index (χ1n) is 6.99. The molecule has 5 nitrogen and oxygen atoms in total. The average Bonchev–Trinajstić information content (AvgIpc) is 2.91. The number of hydrogen-bond acceptors (Lipinski definition) is 3. The molecule has 2 amide bonds. The average molecular weight is 306 g/mol. The molecule has 0 spiro atoms. The molecule has 1 saturated heterocycles. The summed E-state index contributed by atoms with van der Waals surface area (Å²) in [5.74, 6) is -1.25. The van der Waals surface area contributed by atoms with Crippen LogP contribution < -0.4 is 5.73 Å². The smallest absolute Gasteiger partial charge is 0.247 e. The molecule has 0 bridgehead atoms. The van der Waals surface area contributed by atoms with Crippen LogP contribution in [0.2, 0.25) is 0 Å². The van der Waals surface area contributed by atoms with Crippen LogP contribution in [-0.4, -0.2) is 42.5 Å². The van der Waals surface area contributed by atoms with Crippen LogP contribution in [0.3, 0.4) is 0 Å². The van der Waals surface area contributed by atoms with E-state index < -0.39 is 11.9 Å². The van der Waals surface area contributed by atoms with E-state index in [1.54, 1.807) is 19.1 Å². The fourth-order valence-electron chi connectivity index (χ4n) is 2.57. The topological polar surface area (TPSA) is 72.6 Å². The zero-order valence-electron chi connectivity index (χ0n) is 12.6. The molecular weight excluding hydrogens is 287 g/mol. The Morgan fingerprint density at radius 1 is 1.45 bits per heavy atom. The lowest BCUT2D eigenvalue weighted by molar-refractivity contribution is -0.133.